The maximum Gasteiger partial charge on any atom is 0.504 e. The van der Waals surface area contributed by atoms with Crippen molar-refractivity contribution in [3.8, 4) is 17.1 Å². The van der Waals surface area contributed by atoms with Crippen molar-refractivity contribution in [2.24, 2.45) is 5.73 Å². The molecule has 0 saturated heterocycles. The van der Waals surface area contributed by atoms with Crippen LogP contribution in [0.15, 0.2) is 57.9 Å². The van der Waals surface area contributed by atoms with E-state index in [0.717, 1.165) is 11.8 Å². The monoisotopic (exact) mass is 556 g/mol. The number of ether oxygens (including phenoxy) is 1. The summed E-state index contributed by atoms with van der Waals surface area (Å²) in [4.78, 5) is 29.3. The van der Waals surface area contributed by atoms with Gasteiger partial charge >= 0.3 is 6.30 Å². The second kappa shape index (κ2) is 9.42. The number of halogens is 4. The van der Waals surface area contributed by atoms with Crippen LogP contribution < -0.4 is 15.9 Å². The molecule has 39 heavy (non-hydrogen) atoms. The number of pyridine rings is 1. The summed E-state index contributed by atoms with van der Waals surface area (Å²) in [5.41, 5.74) is 7.28. The number of primary amides is 1. The van der Waals surface area contributed by atoms with Crippen molar-refractivity contribution >= 4 is 39.4 Å². The van der Waals surface area contributed by atoms with Gasteiger partial charge in [0, 0.05) is 28.3 Å². The Morgan fingerprint density at radius 2 is 1.90 bits per heavy atom. The number of hydrogen-bond acceptors (Lipinski definition) is 6. The Morgan fingerprint density at radius 3 is 2.59 bits per heavy atom. The van der Waals surface area contributed by atoms with Crippen LogP contribution in [-0.2, 0) is 6.30 Å². The summed E-state index contributed by atoms with van der Waals surface area (Å²) in [6.45, 7) is 5.10. The van der Waals surface area contributed by atoms with E-state index in [-0.39, 0.29) is 54.5 Å². The average Bonchev–Trinajstić information content (AvgIpc) is 3.31. The Bertz CT molecular complexity index is 1850. The standard InChI is InChI=1S/C27H20ClF3N4O4/c1-12-8-17(14(3)38-20-6-7-21(28)33-22(20)26(32)37)25-18(9-12)23(36)13(2)24(39-25)15-4-5-19-16(10-15)11-35(34-19)27(29,30)31/h4-11,14H,1-3H3,(H2,32,37)/t14-/m1/s1. The number of hydrogen-bond donors (Lipinski definition) is 1. The number of nitrogens with two attached hydrogens (primary N) is 1. The van der Waals surface area contributed by atoms with Crippen LogP contribution in [0.1, 0.15) is 40.2 Å². The van der Waals surface area contributed by atoms with Crippen molar-refractivity contribution in [2.45, 2.75) is 33.2 Å². The van der Waals surface area contributed by atoms with E-state index in [1.807, 2.05) is 6.92 Å². The lowest BCUT2D eigenvalue weighted by atomic mass is 9.99. The summed E-state index contributed by atoms with van der Waals surface area (Å²) in [6.07, 6.45) is -4.53. The number of fused-ring (bicyclic) bond motifs is 2. The van der Waals surface area contributed by atoms with Gasteiger partial charge in [-0.05, 0) is 68.8 Å². The van der Waals surface area contributed by atoms with Crippen molar-refractivity contribution in [3.05, 3.63) is 86.4 Å². The number of carbonyl (C=O) groups is 1. The molecule has 3 aromatic heterocycles. The van der Waals surface area contributed by atoms with Gasteiger partial charge in [0.15, 0.2) is 16.9 Å². The molecule has 1 atom stereocenters. The number of alkyl halides is 3. The number of aryl methyl sites for hydroxylation is 1. The molecular formula is C27H20ClF3N4O4. The van der Waals surface area contributed by atoms with Crippen LogP contribution in [0.25, 0.3) is 33.2 Å². The highest BCUT2D eigenvalue weighted by Crippen LogP contribution is 2.35. The van der Waals surface area contributed by atoms with Gasteiger partial charge in [0.1, 0.15) is 22.6 Å². The van der Waals surface area contributed by atoms with E-state index < -0.39 is 18.3 Å². The van der Waals surface area contributed by atoms with Gasteiger partial charge in [-0.3, -0.25) is 9.59 Å². The molecule has 5 aromatic rings. The third kappa shape index (κ3) is 4.81. The van der Waals surface area contributed by atoms with Crippen LogP contribution in [0, 0.1) is 13.8 Å². The van der Waals surface area contributed by atoms with Gasteiger partial charge in [0.25, 0.3) is 5.91 Å². The maximum absolute atomic E-state index is 13.4. The topological polar surface area (TPSA) is 113 Å². The lowest BCUT2D eigenvalue weighted by Crippen LogP contribution is -2.17. The molecule has 0 unspecified atom stereocenters. The first-order valence-corrected chi connectivity index (χ1v) is 12.0. The first-order chi connectivity index (χ1) is 18.3. The lowest BCUT2D eigenvalue weighted by molar-refractivity contribution is -0.211. The summed E-state index contributed by atoms with van der Waals surface area (Å²) < 4.78 is 51.6. The summed E-state index contributed by atoms with van der Waals surface area (Å²) in [6, 6.07) is 10.8. The van der Waals surface area contributed by atoms with Crippen LogP contribution in [0.5, 0.6) is 5.75 Å². The third-order valence-electron chi connectivity index (χ3n) is 6.22. The van der Waals surface area contributed by atoms with Gasteiger partial charge in [-0.2, -0.15) is 9.78 Å². The molecule has 8 nitrogen and oxygen atoms in total. The minimum absolute atomic E-state index is 0.0636. The van der Waals surface area contributed by atoms with Crippen molar-refractivity contribution < 1.29 is 27.1 Å². The highest BCUT2D eigenvalue weighted by molar-refractivity contribution is 6.29. The SMILES string of the molecule is Cc1cc([C@@H](C)Oc2ccc(Cl)nc2C(N)=O)c2oc(-c3ccc4nn(C(F)(F)F)cc4c3)c(C)c(=O)c2c1. The molecule has 0 fully saturated rings. The van der Waals surface area contributed by atoms with E-state index in [1.165, 1.54) is 24.3 Å². The van der Waals surface area contributed by atoms with Gasteiger partial charge in [0.05, 0.1) is 10.9 Å². The maximum atomic E-state index is 13.4. The fourth-order valence-corrected chi connectivity index (χ4v) is 4.54. The zero-order chi connectivity index (χ0) is 28.2. The minimum atomic E-state index is -4.67. The second-order valence-corrected chi connectivity index (χ2v) is 9.42. The average molecular weight is 557 g/mol. The van der Waals surface area contributed by atoms with Crippen LogP contribution in [0.3, 0.4) is 0 Å². The van der Waals surface area contributed by atoms with Gasteiger partial charge < -0.3 is 14.9 Å². The molecule has 3 heterocycles. The van der Waals surface area contributed by atoms with E-state index in [2.05, 4.69) is 10.1 Å². The second-order valence-electron chi connectivity index (χ2n) is 9.04. The molecule has 12 heteroatoms. The van der Waals surface area contributed by atoms with Crippen LogP contribution in [0.4, 0.5) is 13.2 Å². The van der Waals surface area contributed by atoms with Crippen molar-refractivity contribution in [1.29, 1.82) is 0 Å². The minimum Gasteiger partial charge on any atom is -0.483 e. The molecule has 2 N–H and O–H groups in total. The number of nitrogens with zero attached hydrogens (tertiary/aromatic N) is 3. The molecule has 5 rings (SSSR count). The summed E-state index contributed by atoms with van der Waals surface area (Å²) >= 11 is 5.90. The predicted octanol–water partition coefficient (Wildman–Crippen LogP) is 6.19. The number of aromatic nitrogens is 3. The van der Waals surface area contributed by atoms with Crippen LogP contribution in [-0.4, -0.2) is 20.7 Å². The summed E-state index contributed by atoms with van der Waals surface area (Å²) in [5.74, 6) is -0.546. The first-order valence-electron chi connectivity index (χ1n) is 11.6. The molecule has 0 bridgehead atoms. The molecule has 0 radical (unpaired) electrons. The first kappa shape index (κ1) is 26.2. The molecule has 0 aliphatic heterocycles. The Kier molecular flexibility index (Phi) is 6.34. The molecule has 1 amide bonds. The number of amides is 1. The van der Waals surface area contributed by atoms with Gasteiger partial charge in [-0.1, -0.05) is 11.6 Å². The highest BCUT2D eigenvalue weighted by atomic mass is 35.5. The Balaban J connectivity index is 1.65. The summed E-state index contributed by atoms with van der Waals surface area (Å²) in [7, 11) is 0. The molecular weight excluding hydrogens is 537 g/mol. The largest absolute Gasteiger partial charge is 0.504 e. The van der Waals surface area contributed by atoms with Gasteiger partial charge in [-0.15, -0.1) is 13.2 Å². The van der Waals surface area contributed by atoms with E-state index in [1.54, 1.807) is 32.0 Å². The molecule has 0 aliphatic rings. The molecule has 2 aromatic carbocycles. The molecule has 0 saturated carbocycles. The number of carbonyl (C=O) groups excluding carboxylic acids is 1. The van der Waals surface area contributed by atoms with Crippen LogP contribution >= 0.6 is 11.6 Å². The van der Waals surface area contributed by atoms with E-state index in [4.69, 9.17) is 26.5 Å². The van der Waals surface area contributed by atoms with Gasteiger partial charge in [-0.25, -0.2) is 4.98 Å². The zero-order valence-electron chi connectivity index (χ0n) is 20.8. The zero-order valence-corrected chi connectivity index (χ0v) is 21.5. The normalized spacial score (nSPS) is 12.7. The number of benzene rings is 2. The Labute approximate surface area is 223 Å². The van der Waals surface area contributed by atoms with E-state index >= 15 is 0 Å². The third-order valence-corrected chi connectivity index (χ3v) is 6.43. The van der Waals surface area contributed by atoms with Crippen molar-refractivity contribution in [3.63, 3.8) is 0 Å². The van der Waals surface area contributed by atoms with Crippen molar-refractivity contribution in [1.82, 2.24) is 14.8 Å². The van der Waals surface area contributed by atoms with Crippen molar-refractivity contribution in [2.75, 3.05) is 0 Å². The van der Waals surface area contributed by atoms with Crippen LogP contribution in [0.2, 0.25) is 5.15 Å². The fraction of sp³-hybridized carbons (Fsp3) is 0.185. The summed E-state index contributed by atoms with van der Waals surface area (Å²) in [5, 5.41) is 4.15. The van der Waals surface area contributed by atoms with Gasteiger partial charge in [0.2, 0.25) is 0 Å². The smallest absolute Gasteiger partial charge is 0.483 e. The van der Waals surface area contributed by atoms with E-state index in [9.17, 15) is 22.8 Å². The highest BCUT2D eigenvalue weighted by Gasteiger charge is 2.32. The quantitative estimate of drug-likeness (QED) is 0.258. The Hall–Kier alpha value is -4.38. The predicted molar refractivity (Wildman–Crippen MR) is 139 cm³/mol. The van der Waals surface area contributed by atoms with E-state index in [0.29, 0.717) is 16.5 Å². The molecule has 0 spiro atoms. The molecule has 0 aliphatic carbocycles. The number of rotatable bonds is 5. The Morgan fingerprint density at radius 1 is 1.15 bits per heavy atom. The fourth-order valence-electron chi connectivity index (χ4n) is 4.39. The molecule has 200 valence electrons. The lowest BCUT2D eigenvalue weighted by Gasteiger charge is -2.19.